The van der Waals surface area contributed by atoms with Crippen molar-refractivity contribution < 1.29 is 9.32 Å². The fourth-order valence-electron chi connectivity index (χ4n) is 2.38. The first kappa shape index (κ1) is 13.0. The summed E-state index contributed by atoms with van der Waals surface area (Å²) in [5, 5.41) is 9.97. The van der Waals surface area contributed by atoms with Crippen LogP contribution in [0.4, 0.5) is 0 Å². The Labute approximate surface area is 107 Å². The van der Waals surface area contributed by atoms with Crippen molar-refractivity contribution in [1.82, 2.24) is 20.8 Å². The summed E-state index contributed by atoms with van der Waals surface area (Å²) >= 11 is 0. The third-order valence-corrected chi connectivity index (χ3v) is 3.61. The molecule has 1 aromatic heterocycles. The maximum atomic E-state index is 12.3. The number of carbonyl (C=O) groups is 1. The zero-order valence-electron chi connectivity index (χ0n) is 11.0. The van der Waals surface area contributed by atoms with Crippen LogP contribution in [-0.2, 0) is 11.3 Å². The van der Waals surface area contributed by atoms with Crippen LogP contribution in [0.1, 0.15) is 37.9 Å². The van der Waals surface area contributed by atoms with E-state index in [1.54, 1.807) is 6.92 Å². The van der Waals surface area contributed by atoms with Gasteiger partial charge in [-0.05, 0) is 25.8 Å². The molecule has 0 saturated carbocycles. The normalized spacial score (nSPS) is 23.9. The van der Waals surface area contributed by atoms with Gasteiger partial charge >= 0.3 is 0 Å². The maximum absolute atomic E-state index is 12.3. The first-order valence-corrected chi connectivity index (χ1v) is 6.44. The van der Waals surface area contributed by atoms with Crippen LogP contribution >= 0.6 is 0 Å². The van der Waals surface area contributed by atoms with Crippen LogP contribution in [-0.4, -0.2) is 29.1 Å². The predicted molar refractivity (Wildman–Crippen MR) is 65.7 cm³/mol. The van der Waals surface area contributed by atoms with Gasteiger partial charge in [-0.15, -0.1) is 0 Å². The van der Waals surface area contributed by atoms with Crippen LogP contribution in [0.3, 0.4) is 0 Å². The van der Waals surface area contributed by atoms with Gasteiger partial charge in [0, 0.05) is 13.5 Å². The van der Waals surface area contributed by atoms with E-state index in [9.17, 15) is 4.79 Å². The molecular weight excluding hydrogens is 232 g/mol. The van der Waals surface area contributed by atoms with Crippen LogP contribution in [0.15, 0.2) is 4.52 Å². The SMILES string of the molecule is CCC1(C(=O)NCc2noc(C)n2)CCCNC1. The predicted octanol–water partition coefficient (Wildman–Crippen LogP) is 0.774. The third-order valence-electron chi connectivity index (χ3n) is 3.61. The fourth-order valence-corrected chi connectivity index (χ4v) is 2.38. The Balaban J connectivity index is 1.93. The molecule has 18 heavy (non-hydrogen) atoms. The van der Waals surface area contributed by atoms with Gasteiger partial charge in [0.2, 0.25) is 11.8 Å². The van der Waals surface area contributed by atoms with Crippen LogP contribution in [0.2, 0.25) is 0 Å². The van der Waals surface area contributed by atoms with Gasteiger partial charge in [0.1, 0.15) is 0 Å². The molecule has 0 aliphatic carbocycles. The van der Waals surface area contributed by atoms with Gasteiger partial charge in [-0.25, -0.2) is 0 Å². The van der Waals surface area contributed by atoms with Crippen molar-refractivity contribution in [3.63, 3.8) is 0 Å². The third kappa shape index (κ3) is 2.69. The number of hydrogen-bond acceptors (Lipinski definition) is 5. The largest absolute Gasteiger partial charge is 0.348 e. The van der Waals surface area contributed by atoms with Crippen molar-refractivity contribution in [2.75, 3.05) is 13.1 Å². The molecule has 1 aliphatic rings. The van der Waals surface area contributed by atoms with Gasteiger partial charge in [0.15, 0.2) is 5.82 Å². The van der Waals surface area contributed by atoms with Gasteiger partial charge in [-0.1, -0.05) is 12.1 Å². The molecule has 1 fully saturated rings. The van der Waals surface area contributed by atoms with E-state index in [4.69, 9.17) is 4.52 Å². The van der Waals surface area contributed by atoms with Crippen LogP contribution in [0, 0.1) is 12.3 Å². The molecule has 0 spiro atoms. The lowest BCUT2D eigenvalue weighted by molar-refractivity contribution is -0.132. The van der Waals surface area contributed by atoms with E-state index in [1.165, 1.54) is 0 Å². The molecule has 6 heteroatoms. The lowest BCUT2D eigenvalue weighted by atomic mass is 9.77. The Morgan fingerprint density at radius 3 is 3.00 bits per heavy atom. The topological polar surface area (TPSA) is 80.1 Å². The van der Waals surface area contributed by atoms with E-state index < -0.39 is 0 Å². The maximum Gasteiger partial charge on any atom is 0.227 e. The number of hydrogen-bond donors (Lipinski definition) is 2. The minimum atomic E-state index is -0.281. The average Bonchev–Trinajstić information content (AvgIpc) is 2.82. The van der Waals surface area contributed by atoms with E-state index in [0.717, 1.165) is 32.4 Å². The van der Waals surface area contributed by atoms with Gasteiger partial charge in [-0.2, -0.15) is 4.98 Å². The molecule has 1 saturated heterocycles. The van der Waals surface area contributed by atoms with Crippen molar-refractivity contribution in [2.45, 2.75) is 39.7 Å². The molecule has 1 aromatic rings. The Morgan fingerprint density at radius 2 is 2.44 bits per heavy atom. The molecule has 1 unspecified atom stereocenters. The Morgan fingerprint density at radius 1 is 1.61 bits per heavy atom. The summed E-state index contributed by atoms with van der Waals surface area (Å²) in [7, 11) is 0. The van der Waals surface area contributed by atoms with Crippen molar-refractivity contribution in [3.8, 4) is 0 Å². The highest BCUT2D eigenvalue weighted by atomic mass is 16.5. The quantitative estimate of drug-likeness (QED) is 0.827. The Kier molecular flexibility index (Phi) is 3.96. The van der Waals surface area contributed by atoms with Gasteiger partial charge in [-0.3, -0.25) is 4.79 Å². The Bertz CT molecular complexity index is 410. The molecule has 2 rings (SSSR count). The van der Waals surface area contributed by atoms with Crippen molar-refractivity contribution in [3.05, 3.63) is 11.7 Å². The number of rotatable bonds is 4. The molecule has 1 atom stereocenters. The highest BCUT2D eigenvalue weighted by molar-refractivity contribution is 5.82. The fraction of sp³-hybridized carbons (Fsp3) is 0.750. The average molecular weight is 252 g/mol. The minimum absolute atomic E-state index is 0.0830. The summed E-state index contributed by atoms with van der Waals surface area (Å²) < 4.78 is 4.87. The molecule has 2 N–H and O–H groups in total. The lowest BCUT2D eigenvalue weighted by Gasteiger charge is -2.35. The van der Waals surface area contributed by atoms with Gasteiger partial charge in [0.05, 0.1) is 12.0 Å². The smallest absolute Gasteiger partial charge is 0.227 e. The second-order valence-electron chi connectivity index (χ2n) is 4.83. The van der Waals surface area contributed by atoms with E-state index in [-0.39, 0.29) is 11.3 Å². The van der Waals surface area contributed by atoms with Gasteiger partial charge in [0.25, 0.3) is 0 Å². The molecule has 1 aliphatic heterocycles. The number of nitrogens with zero attached hydrogens (tertiary/aromatic N) is 2. The molecule has 6 nitrogen and oxygen atoms in total. The van der Waals surface area contributed by atoms with Crippen LogP contribution < -0.4 is 10.6 Å². The van der Waals surface area contributed by atoms with Gasteiger partial charge < -0.3 is 15.2 Å². The first-order valence-electron chi connectivity index (χ1n) is 6.44. The summed E-state index contributed by atoms with van der Waals surface area (Å²) in [6.07, 6.45) is 2.83. The Hall–Kier alpha value is -1.43. The molecule has 100 valence electrons. The number of amides is 1. The van der Waals surface area contributed by atoms with E-state index in [0.29, 0.717) is 18.3 Å². The highest BCUT2D eigenvalue weighted by Gasteiger charge is 2.37. The standard InChI is InChI=1S/C12H20N4O2/c1-3-12(5-4-6-13-8-12)11(17)14-7-10-15-9(2)18-16-10/h13H,3-8H2,1-2H3,(H,14,17). The second kappa shape index (κ2) is 5.48. The molecule has 0 radical (unpaired) electrons. The van der Waals surface area contributed by atoms with Crippen LogP contribution in [0.25, 0.3) is 0 Å². The number of aromatic nitrogens is 2. The minimum Gasteiger partial charge on any atom is -0.348 e. The molecule has 0 bridgehead atoms. The van der Waals surface area contributed by atoms with E-state index in [2.05, 4.69) is 27.7 Å². The summed E-state index contributed by atoms with van der Waals surface area (Å²) in [6.45, 7) is 5.87. The summed E-state index contributed by atoms with van der Waals surface area (Å²) in [6, 6.07) is 0. The van der Waals surface area contributed by atoms with Crippen LogP contribution in [0.5, 0.6) is 0 Å². The lowest BCUT2D eigenvalue weighted by Crippen LogP contribution is -2.50. The van der Waals surface area contributed by atoms with E-state index >= 15 is 0 Å². The zero-order valence-corrected chi connectivity index (χ0v) is 11.0. The van der Waals surface area contributed by atoms with Crippen molar-refractivity contribution in [2.24, 2.45) is 5.41 Å². The molecule has 0 aromatic carbocycles. The summed E-state index contributed by atoms with van der Waals surface area (Å²) in [4.78, 5) is 16.4. The van der Waals surface area contributed by atoms with E-state index in [1.807, 2.05) is 0 Å². The van der Waals surface area contributed by atoms with Crippen molar-refractivity contribution >= 4 is 5.91 Å². The number of carbonyl (C=O) groups excluding carboxylic acids is 1. The van der Waals surface area contributed by atoms with Crippen molar-refractivity contribution in [1.29, 1.82) is 0 Å². The molecule has 1 amide bonds. The monoisotopic (exact) mass is 252 g/mol. The molecular formula is C12H20N4O2. The highest BCUT2D eigenvalue weighted by Crippen LogP contribution is 2.30. The number of piperidine rings is 1. The summed E-state index contributed by atoms with van der Waals surface area (Å²) in [5.41, 5.74) is -0.281. The number of nitrogens with one attached hydrogen (secondary N) is 2. The zero-order chi connectivity index (χ0) is 13.0. The number of aryl methyl sites for hydroxylation is 1. The second-order valence-corrected chi connectivity index (χ2v) is 4.83. The first-order chi connectivity index (χ1) is 8.66. The summed E-state index contributed by atoms with van der Waals surface area (Å²) in [5.74, 6) is 1.12. The molecule has 2 heterocycles.